The van der Waals surface area contributed by atoms with Crippen molar-refractivity contribution in [3.63, 3.8) is 0 Å². The summed E-state index contributed by atoms with van der Waals surface area (Å²) in [5.74, 6) is -2.01. The third kappa shape index (κ3) is 4.24. The molecule has 0 aliphatic carbocycles. The summed E-state index contributed by atoms with van der Waals surface area (Å²) >= 11 is 1.24. The first-order valence-corrected chi connectivity index (χ1v) is 11.5. The number of rotatable bonds is 6. The number of aryl methyl sites for hydroxylation is 3. The number of ether oxygens (including phenoxy) is 1. The number of aromatic nitrogens is 1. The molecule has 2 aromatic carbocycles. The van der Waals surface area contributed by atoms with Crippen molar-refractivity contribution in [2.24, 2.45) is 0 Å². The summed E-state index contributed by atoms with van der Waals surface area (Å²) < 4.78 is 4.71. The Morgan fingerprint density at radius 3 is 2.41 bits per heavy atom. The Hall–Kier alpha value is -3.78. The molecule has 1 amide bonds. The highest BCUT2D eigenvalue weighted by molar-refractivity contribution is 7.14. The van der Waals surface area contributed by atoms with Crippen molar-refractivity contribution in [2.75, 3.05) is 12.0 Å². The highest BCUT2D eigenvalue weighted by atomic mass is 32.1. The van der Waals surface area contributed by atoms with E-state index in [1.165, 1.54) is 23.3 Å². The third-order valence-electron chi connectivity index (χ3n) is 5.71. The lowest BCUT2D eigenvalue weighted by molar-refractivity contribution is -0.139. The van der Waals surface area contributed by atoms with E-state index < -0.39 is 23.5 Å². The number of nitrogens with zero attached hydrogens (tertiary/aromatic N) is 2. The van der Waals surface area contributed by atoms with E-state index >= 15 is 0 Å². The molecule has 0 radical (unpaired) electrons. The monoisotopic (exact) mass is 476 g/mol. The van der Waals surface area contributed by atoms with Crippen molar-refractivity contribution >= 4 is 34.7 Å². The molecule has 3 aromatic rings. The van der Waals surface area contributed by atoms with Crippen LogP contribution in [0.2, 0.25) is 0 Å². The number of methoxy groups -OCH3 is 1. The van der Waals surface area contributed by atoms with Gasteiger partial charge >= 0.3 is 5.97 Å². The van der Waals surface area contributed by atoms with E-state index in [1.54, 1.807) is 31.2 Å². The molecular weight excluding hydrogens is 452 g/mol. The molecular formula is C26H24N2O5S. The van der Waals surface area contributed by atoms with E-state index in [0.717, 1.165) is 16.1 Å². The van der Waals surface area contributed by atoms with Crippen molar-refractivity contribution in [1.29, 1.82) is 0 Å². The zero-order chi connectivity index (χ0) is 24.6. The zero-order valence-electron chi connectivity index (χ0n) is 19.3. The second-order valence-electron chi connectivity index (χ2n) is 8.15. The smallest absolute Gasteiger partial charge is 0.309 e. The number of thiazole rings is 1. The molecule has 8 heteroatoms. The first kappa shape index (κ1) is 23.4. The molecule has 1 N–H and O–H groups in total. The molecule has 0 saturated heterocycles. The number of Topliss-reactive ketones (excluding diaryl/α,β-unsaturated/α-hetero) is 1. The van der Waals surface area contributed by atoms with Gasteiger partial charge in [0.1, 0.15) is 0 Å². The minimum atomic E-state index is -0.812. The maximum Gasteiger partial charge on any atom is 0.309 e. The Bertz CT molecular complexity index is 1320. The summed E-state index contributed by atoms with van der Waals surface area (Å²) in [6, 6.07) is 13.5. The Kier molecular flexibility index (Phi) is 6.34. The predicted molar refractivity (Wildman–Crippen MR) is 129 cm³/mol. The lowest BCUT2D eigenvalue weighted by atomic mass is 9.94. The van der Waals surface area contributed by atoms with Crippen molar-refractivity contribution in [3.05, 3.63) is 92.1 Å². The van der Waals surface area contributed by atoms with Crippen LogP contribution in [-0.4, -0.2) is 34.9 Å². The number of aliphatic hydroxyl groups is 1. The van der Waals surface area contributed by atoms with Crippen LogP contribution >= 0.6 is 11.3 Å². The highest BCUT2D eigenvalue weighted by Crippen LogP contribution is 2.43. The SMILES string of the molecule is COC(=O)Cc1ccc(N2C(=O)C(O)=C(C(=O)c3sc(C)nc3C)C2c2cccc(C)c2)cc1. The quantitative estimate of drug-likeness (QED) is 0.414. The summed E-state index contributed by atoms with van der Waals surface area (Å²) in [4.78, 5) is 44.7. The lowest BCUT2D eigenvalue weighted by Gasteiger charge is -2.27. The van der Waals surface area contributed by atoms with Crippen LogP contribution in [0, 0.1) is 20.8 Å². The van der Waals surface area contributed by atoms with Gasteiger partial charge in [-0.25, -0.2) is 4.98 Å². The van der Waals surface area contributed by atoms with Crippen LogP contribution in [0.25, 0.3) is 0 Å². The molecule has 0 bridgehead atoms. The van der Waals surface area contributed by atoms with Gasteiger partial charge in [0.25, 0.3) is 5.91 Å². The maximum atomic E-state index is 13.6. The molecule has 34 heavy (non-hydrogen) atoms. The summed E-state index contributed by atoms with van der Waals surface area (Å²) in [6.45, 7) is 5.47. The third-order valence-corrected chi connectivity index (χ3v) is 6.78. The topological polar surface area (TPSA) is 96.8 Å². The van der Waals surface area contributed by atoms with E-state index in [1.807, 2.05) is 38.1 Å². The van der Waals surface area contributed by atoms with Crippen LogP contribution < -0.4 is 4.90 Å². The Morgan fingerprint density at radius 1 is 1.12 bits per heavy atom. The molecule has 0 fully saturated rings. The fourth-order valence-corrected chi connectivity index (χ4v) is 5.01. The van der Waals surface area contributed by atoms with Crippen LogP contribution in [0.4, 0.5) is 5.69 Å². The van der Waals surface area contributed by atoms with Crippen molar-refractivity contribution in [1.82, 2.24) is 4.98 Å². The predicted octanol–water partition coefficient (Wildman–Crippen LogP) is 4.57. The summed E-state index contributed by atoms with van der Waals surface area (Å²) in [7, 11) is 1.32. The van der Waals surface area contributed by atoms with Gasteiger partial charge in [-0.2, -0.15) is 0 Å². The molecule has 1 atom stereocenters. The molecule has 1 unspecified atom stereocenters. The van der Waals surface area contributed by atoms with Gasteiger partial charge in [0.15, 0.2) is 5.76 Å². The lowest BCUT2D eigenvalue weighted by Crippen LogP contribution is -2.31. The number of aliphatic hydroxyl groups excluding tert-OH is 1. The van der Waals surface area contributed by atoms with E-state index in [4.69, 9.17) is 4.74 Å². The van der Waals surface area contributed by atoms with E-state index in [9.17, 15) is 19.5 Å². The van der Waals surface area contributed by atoms with Crippen LogP contribution in [-0.2, 0) is 20.7 Å². The molecule has 0 spiro atoms. The molecule has 0 saturated carbocycles. The number of carbonyl (C=O) groups excluding carboxylic acids is 3. The van der Waals surface area contributed by atoms with E-state index in [-0.39, 0.29) is 18.0 Å². The molecule has 1 aromatic heterocycles. The largest absolute Gasteiger partial charge is 0.503 e. The Morgan fingerprint density at radius 2 is 1.82 bits per heavy atom. The van der Waals surface area contributed by atoms with Crippen molar-refractivity contribution < 1.29 is 24.2 Å². The fraction of sp³-hybridized carbons (Fsp3) is 0.231. The number of esters is 1. The second kappa shape index (κ2) is 9.23. The molecule has 4 rings (SSSR count). The molecule has 2 heterocycles. The van der Waals surface area contributed by atoms with Gasteiger partial charge in [-0.3, -0.25) is 19.3 Å². The average Bonchev–Trinajstić information content (AvgIpc) is 3.29. The van der Waals surface area contributed by atoms with Crippen LogP contribution in [0.3, 0.4) is 0 Å². The normalized spacial score (nSPS) is 15.7. The first-order valence-electron chi connectivity index (χ1n) is 10.7. The average molecular weight is 477 g/mol. The Labute approximate surface area is 201 Å². The van der Waals surface area contributed by atoms with Crippen LogP contribution in [0.1, 0.15) is 43.1 Å². The van der Waals surface area contributed by atoms with Gasteiger partial charge in [0, 0.05) is 5.69 Å². The van der Waals surface area contributed by atoms with Gasteiger partial charge < -0.3 is 9.84 Å². The van der Waals surface area contributed by atoms with Crippen molar-refractivity contribution in [3.8, 4) is 0 Å². The van der Waals surface area contributed by atoms with Gasteiger partial charge in [-0.1, -0.05) is 42.0 Å². The summed E-state index contributed by atoms with van der Waals surface area (Å²) in [5, 5.41) is 11.6. The number of hydrogen-bond donors (Lipinski definition) is 1. The van der Waals surface area contributed by atoms with Crippen LogP contribution in [0.5, 0.6) is 0 Å². The summed E-state index contributed by atoms with van der Waals surface area (Å²) in [6.07, 6.45) is 0.100. The standard InChI is InChI=1S/C26H24N2O5S/c1-14-6-5-7-18(12-14)22-21(23(30)25-15(2)27-16(3)34-25)24(31)26(32)28(22)19-10-8-17(9-11-19)13-20(29)33-4/h5-12,22,31H,13H2,1-4H3. The zero-order valence-corrected chi connectivity index (χ0v) is 20.1. The maximum absolute atomic E-state index is 13.6. The van der Waals surface area contributed by atoms with Gasteiger partial charge in [-0.05, 0) is 44.0 Å². The van der Waals surface area contributed by atoms with Gasteiger partial charge in [-0.15, -0.1) is 11.3 Å². The minimum Gasteiger partial charge on any atom is -0.503 e. The number of carbonyl (C=O) groups is 3. The number of anilines is 1. The highest BCUT2D eigenvalue weighted by Gasteiger charge is 2.45. The van der Waals surface area contributed by atoms with Crippen molar-refractivity contribution in [2.45, 2.75) is 33.2 Å². The van der Waals surface area contributed by atoms with Gasteiger partial charge in [0.05, 0.1) is 40.7 Å². The Balaban J connectivity index is 1.81. The van der Waals surface area contributed by atoms with Gasteiger partial charge in [0.2, 0.25) is 5.78 Å². The molecule has 174 valence electrons. The number of benzene rings is 2. The number of hydrogen-bond acceptors (Lipinski definition) is 7. The summed E-state index contributed by atoms with van der Waals surface area (Å²) in [5.41, 5.74) is 3.48. The second-order valence-corrected chi connectivity index (χ2v) is 9.35. The minimum absolute atomic E-state index is 0.0287. The first-order chi connectivity index (χ1) is 16.2. The number of ketones is 1. The fourth-order valence-electron chi connectivity index (χ4n) is 4.14. The van der Waals surface area contributed by atoms with Crippen LogP contribution in [0.15, 0.2) is 59.9 Å². The number of amides is 1. The van der Waals surface area contributed by atoms with E-state index in [0.29, 0.717) is 21.8 Å². The molecule has 1 aliphatic rings. The van der Waals surface area contributed by atoms with E-state index in [2.05, 4.69) is 4.98 Å². The molecule has 1 aliphatic heterocycles. The molecule has 7 nitrogen and oxygen atoms in total.